The van der Waals surface area contributed by atoms with Gasteiger partial charge in [0.15, 0.2) is 11.8 Å². The summed E-state index contributed by atoms with van der Waals surface area (Å²) in [4.78, 5) is 2.35. The summed E-state index contributed by atoms with van der Waals surface area (Å²) in [6.45, 7) is 1.84. The molecule has 0 atom stereocenters. The lowest BCUT2D eigenvalue weighted by Gasteiger charge is -1.84. The van der Waals surface area contributed by atoms with Crippen LogP contribution in [0.2, 0.25) is 0 Å². The van der Waals surface area contributed by atoms with Crippen molar-refractivity contribution in [3.8, 4) is 11.8 Å². The van der Waals surface area contributed by atoms with Gasteiger partial charge in [-0.3, -0.25) is 4.98 Å². The second-order valence-corrected chi connectivity index (χ2v) is 1.96. The fourth-order valence-electron chi connectivity index (χ4n) is 0.752. The predicted molar refractivity (Wildman–Crippen MR) is 38.8 cm³/mol. The van der Waals surface area contributed by atoms with Crippen molar-refractivity contribution in [1.29, 1.82) is 0 Å². The molecule has 0 saturated heterocycles. The summed E-state index contributed by atoms with van der Waals surface area (Å²) in [5.41, 5.74) is 0.597. The number of rotatable bonds is 1. The molecule has 1 heterocycles. The van der Waals surface area contributed by atoms with Crippen LogP contribution in [0.3, 0.4) is 0 Å². The van der Waals surface area contributed by atoms with Crippen molar-refractivity contribution in [3.05, 3.63) is 17.7 Å². The standard InChI is InChI=1S/C7H9NO2/c1-2-3-5-4-6(9)8-7(5)10/h2-4,8-10H,1H3/b3-2-. The van der Waals surface area contributed by atoms with E-state index in [1.165, 1.54) is 6.07 Å². The number of aromatic amines is 1. The molecule has 0 fully saturated rings. The Morgan fingerprint density at radius 1 is 1.50 bits per heavy atom. The van der Waals surface area contributed by atoms with E-state index in [2.05, 4.69) is 4.98 Å². The van der Waals surface area contributed by atoms with Gasteiger partial charge in [-0.2, -0.15) is 0 Å². The molecule has 0 aromatic carbocycles. The number of hydrogen-bond donors (Lipinski definition) is 3. The second-order valence-electron chi connectivity index (χ2n) is 1.96. The van der Waals surface area contributed by atoms with Crippen molar-refractivity contribution in [2.24, 2.45) is 0 Å². The molecular weight excluding hydrogens is 130 g/mol. The van der Waals surface area contributed by atoms with Gasteiger partial charge in [0.05, 0.1) is 0 Å². The number of nitrogens with one attached hydrogen (secondary N) is 1. The van der Waals surface area contributed by atoms with E-state index < -0.39 is 0 Å². The van der Waals surface area contributed by atoms with Crippen molar-refractivity contribution in [2.45, 2.75) is 6.92 Å². The van der Waals surface area contributed by atoms with Gasteiger partial charge in [0, 0.05) is 11.6 Å². The van der Waals surface area contributed by atoms with E-state index in [-0.39, 0.29) is 11.8 Å². The summed E-state index contributed by atoms with van der Waals surface area (Å²) in [5, 5.41) is 17.8. The van der Waals surface area contributed by atoms with Gasteiger partial charge in [0.2, 0.25) is 0 Å². The van der Waals surface area contributed by atoms with Crippen LogP contribution in [0, 0.1) is 0 Å². The average Bonchev–Trinajstić information content (AvgIpc) is 2.13. The van der Waals surface area contributed by atoms with Crippen molar-refractivity contribution in [3.63, 3.8) is 0 Å². The largest absolute Gasteiger partial charge is 0.494 e. The van der Waals surface area contributed by atoms with Gasteiger partial charge in [-0.15, -0.1) is 0 Å². The summed E-state index contributed by atoms with van der Waals surface area (Å²) in [6.07, 6.45) is 3.48. The third-order valence-corrected chi connectivity index (χ3v) is 1.16. The number of aromatic hydroxyl groups is 2. The quantitative estimate of drug-likeness (QED) is 0.551. The molecule has 0 aliphatic rings. The van der Waals surface area contributed by atoms with Crippen LogP contribution in [0.15, 0.2) is 12.1 Å². The van der Waals surface area contributed by atoms with E-state index in [0.29, 0.717) is 5.56 Å². The molecule has 3 nitrogen and oxygen atoms in total. The summed E-state index contributed by atoms with van der Waals surface area (Å²) in [7, 11) is 0. The minimum absolute atomic E-state index is 0.00407. The van der Waals surface area contributed by atoms with E-state index in [4.69, 9.17) is 10.2 Å². The van der Waals surface area contributed by atoms with Crippen LogP contribution in [0.1, 0.15) is 12.5 Å². The highest BCUT2D eigenvalue weighted by Crippen LogP contribution is 2.22. The molecule has 0 aliphatic heterocycles. The third kappa shape index (κ3) is 1.13. The van der Waals surface area contributed by atoms with Crippen LogP contribution < -0.4 is 0 Å². The summed E-state index contributed by atoms with van der Waals surface area (Å²) in [5.74, 6) is -0.0267. The van der Waals surface area contributed by atoms with Crippen LogP contribution in [0.5, 0.6) is 11.8 Å². The Morgan fingerprint density at radius 2 is 2.20 bits per heavy atom. The van der Waals surface area contributed by atoms with Gasteiger partial charge in [-0.1, -0.05) is 12.2 Å². The highest BCUT2D eigenvalue weighted by atomic mass is 16.3. The van der Waals surface area contributed by atoms with Crippen LogP contribution >= 0.6 is 0 Å². The molecule has 1 aromatic rings. The zero-order valence-corrected chi connectivity index (χ0v) is 5.63. The molecule has 0 bridgehead atoms. The van der Waals surface area contributed by atoms with E-state index in [0.717, 1.165) is 0 Å². The van der Waals surface area contributed by atoms with E-state index >= 15 is 0 Å². The molecule has 1 aromatic heterocycles. The number of allylic oxidation sites excluding steroid dienone is 1. The maximum absolute atomic E-state index is 9.00. The smallest absolute Gasteiger partial charge is 0.198 e. The Kier molecular flexibility index (Phi) is 1.67. The van der Waals surface area contributed by atoms with Crippen molar-refractivity contribution in [2.75, 3.05) is 0 Å². The van der Waals surface area contributed by atoms with Gasteiger partial charge in [0.1, 0.15) is 0 Å². The third-order valence-electron chi connectivity index (χ3n) is 1.16. The maximum Gasteiger partial charge on any atom is 0.198 e. The first-order valence-electron chi connectivity index (χ1n) is 2.97. The Morgan fingerprint density at radius 3 is 2.60 bits per heavy atom. The van der Waals surface area contributed by atoms with E-state index in [1.807, 2.05) is 6.92 Å². The first kappa shape index (κ1) is 6.74. The normalized spacial score (nSPS) is 10.9. The van der Waals surface area contributed by atoms with Gasteiger partial charge in [0.25, 0.3) is 0 Å². The average molecular weight is 139 g/mol. The van der Waals surface area contributed by atoms with Crippen molar-refractivity contribution < 1.29 is 10.2 Å². The Hall–Kier alpha value is -1.38. The fourth-order valence-corrected chi connectivity index (χ4v) is 0.752. The van der Waals surface area contributed by atoms with Crippen molar-refractivity contribution in [1.82, 2.24) is 4.98 Å². The highest BCUT2D eigenvalue weighted by molar-refractivity contribution is 5.56. The molecule has 1 rings (SSSR count). The second kappa shape index (κ2) is 2.47. The molecule has 3 N–H and O–H groups in total. The van der Waals surface area contributed by atoms with E-state index in [1.54, 1.807) is 12.2 Å². The maximum atomic E-state index is 9.00. The zero-order valence-electron chi connectivity index (χ0n) is 5.63. The molecule has 0 amide bonds. The summed E-state index contributed by atoms with van der Waals surface area (Å²) in [6, 6.07) is 1.45. The lowest BCUT2D eigenvalue weighted by molar-refractivity contribution is 0.425. The number of aromatic nitrogens is 1. The lowest BCUT2D eigenvalue weighted by atomic mass is 10.3. The van der Waals surface area contributed by atoms with Crippen LogP contribution in [-0.4, -0.2) is 15.2 Å². The zero-order chi connectivity index (χ0) is 7.56. The molecule has 0 radical (unpaired) electrons. The Bertz CT molecular complexity index is 250. The highest BCUT2D eigenvalue weighted by Gasteiger charge is 2.00. The van der Waals surface area contributed by atoms with Gasteiger partial charge in [-0.05, 0) is 6.92 Å². The van der Waals surface area contributed by atoms with Gasteiger partial charge >= 0.3 is 0 Å². The van der Waals surface area contributed by atoms with E-state index in [9.17, 15) is 0 Å². The minimum atomic E-state index is -0.0226. The van der Waals surface area contributed by atoms with Crippen LogP contribution in [0.25, 0.3) is 6.08 Å². The number of hydrogen-bond acceptors (Lipinski definition) is 2. The fraction of sp³-hybridized carbons (Fsp3) is 0.143. The Balaban J connectivity index is 3.03. The number of H-pyrrole nitrogens is 1. The molecule has 3 heteroatoms. The van der Waals surface area contributed by atoms with Crippen LogP contribution in [0.4, 0.5) is 0 Å². The lowest BCUT2D eigenvalue weighted by Crippen LogP contribution is -1.64. The minimum Gasteiger partial charge on any atom is -0.494 e. The monoisotopic (exact) mass is 139 g/mol. The predicted octanol–water partition coefficient (Wildman–Crippen LogP) is 1.46. The molecule has 0 spiro atoms. The molecule has 54 valence electrons. The molecule has 0 aliphatic carbocycles. The van der Waals surface area contributed by atoms with Crippen LogP contribution in [-0.2, 0) is 0 Å². The summed E-state index contributed by atoms with van der Waals surface area (Å²) < 4.78 is 0. The summed E-state index contributed by atoms with van der Waals surface area (Å²) >= 11 is 0. The molecular formula is C7H9NO2. The molecule has 0 saturated carbocycles. The SMILES string of the molecule is C/C=C\c1cc(O)[nH]c1O. The van der Waals surface area contributed by atoms with Gasteiger partial charge in [-0.25, -0.2) is 0 Å². The Labute approximate surface area is 58.6 Å². The molecule has 0 unspecified atom stereocenters. The topological polar surface area (TPSA) is 56.2 Å². The first-order chi connectivity index (χ1) is 4.74. The van der Waals surface area contributed by atoms with Gasteiger partial charge < -0.3 is 10.2 Å². The first-order valence-corrected chi connectivity index (χ1v) is 2.97. The van der Waals surface area contributed by atoms with Crippen molar-refractivity contribution >= 4 is 6.08 Å². The molecule has 10 heavy (non-hydrogen) atoms.